The second kappa shape index (κ2) is 5.03. The minimum absolute atomic E-state index is 0.113. The van der Waals surface area contributed by atoms with Gasteiger partial charge in [-0.15, -0.1) is 0 Å². The zero-order valence-electron chi connectivity index (χ0n) is 10.6. The van der Waals surface area contributed by atoms with Crippen LogP contribution in [0.15, 0.2) is 18.5 Å². The highest BCUT2D eigenvalue weighted by Gasteiger charge is 2.11. The third-order valence-electron chi connectivity index (χ3n) is 2.53. The lowest BCUT2D eigenvalue weighted by atomic mass is 10.1. The first-order valence-corrected chi connectivity index (χ1v) is 5.90. The molecule has 0 saturated heterocycles. The van der Waals surface area contributed by atoms with Gasteiger partial charge in [-0.05, 0) is 18.4 Å². The molecule has 3 N–H and O–H groups in total. The number of carbonyl (C=O) groups is 1. The molecule has 96 valence electrons. The second-order valence-electron chi connectivity index (χ2n) is 4.72. The Hall–Kier alpha value is -2.11. The fourth-order valence-electron chi connectivity index (χ4n) is 1.86. The van der Waals surface area contributed by atoms with E-state index in [9.17, 15) is 4.79 Å². The van der Waals surface area contributed by atoms with Gasteiger partial charge in [-0.25, -0.2) is 4.98 Å². The Kier molecular flexibility index (Phi) is 3.45. The van der Waals surface area contributed by atoms with Crippen LogP contribution in [0.5, 0.6) is 0 Å². The molecule has 0 saturated carbocycles. The highest BCUT2D eigenvalue weighted by atomic mass is 16.1. The molecule has 0 unspecified atom stereocenters. The van der Waals surface area contributed by atoms with Gasteiger partial charge in [-0.2, -0.15) is 5.10 Å². The van der Waals surface area contributed by atoms with E-state index < -0.39 is 5.91 Å². The third-order valence-corrected chi connectivity index (χ3v) is 2.53. The molecule has 0 aliphatic carbocycles. The SMILES string of the molecule is CC(C)Cc1cc(-c2nccn2CC(N)=O)n[nH]1. The average Bonchev–Trinajstić information content (AvgIpc) is 2.85. The maximum atomic E-state index is 10.9. The highest BCUT2D eigenvalue weighted by molar-refractivity contribution is 5.74. The summed E-state index contributed by atoms with van der Waals surface area (Å²) < 4.78 is 1.69. The number of aromatic nitrogens is 4. The van der Waals surface area contributed by atoms with Gasteiger partial charge in [0.1, 0.15) is 12.2 Å². The Balaban J connectivity index is 2.23. The number of nitrogens with zero attached hydrogens (tertiary/aromatic N) is 3. The standard InChI is InChI=1S/C12H17N5O/c1-8(2)5-9-6-10(16-15-9)12-14-3-4-17(12)7-11(13)18/h3-4,6,8H,5,7H2,1-2H3,(H2,13,18)(H,15,16). The predicted octanol–water partition coefficient (Wildman–Crippen LogP) is 0.957. The number of hydrogen-bond donors (Lipinski definition) is 2. The van der Waals surface area contributed by atoms with E-state index in [1.165, 1.54) is 0 Å². The van der Waals surface area contributed by atoms with E-state index in [4.69, 9.17) is 5.73 Å². The number of hydrogen-bond acceptors (Lipinski definition) is 3. The van der Waals surface area contributed by atoms with Gasteiger partial charge in [0, 0.05) is 18.1 Å². The van der Waals surface area contributed by atoms with E-state index >= 15 is 0 Å². The van der Waals surface area contributed by atoms with Gasteiger partial charge < -0.3 is 10.3 Å². The zero-order valence-corrected chi connectivity index (χ0v) is 10.6. The van der Waals surface area contributed by atoms with Crippen molar-refractivity contribution in [3.63, 3.8) is 0 Å². The minimum atomic E-state index is -0.396. The van der Waals surface area contributed by atoms with Gasteiger partial charge >= 0.3 is 0 Å². The molecule has 6 nitrogen and oxygen atoms in total. The maximum Gasteiger partial charge on any atom is 0.237 e. The van der Waals surface area contributed by atoms with Crippen LogP contribution in [-0.4, -0.2) is 25.7 Å². The summed E-state index contributed by atoms with van der Waals surface area (Å²) in [4.78, 5) is 15.2. The van der Waals surface area contributed by atoms with Gasteiger partial charge in [0.05, 0.1) is 0 Å². The van der Waals surface area contributed by atoms with Crippen molar-refractivity contribution >= 4 is 5.91 Å². The average molecular weight is 247 g/mol. The number of H-pyrrole nitrogens is 1. The van der Waals surface area contributed by atoms with Crippen molar-refractivity contribution in [2.24, 2.45) is 11.7 Å². The summed E-state index contributed by atoms with van der Waals surface area (Å²) in [5.41, 5.74) is 6.98. The molecule has 2 aromatic heterocycles. The summed E-state index contributed by atoms with van der Waals surface area (Å²) in [5, 5.41) is 7.21. The number of nitrogens with one attached hydrogen (secondary N) is 1. The van der Waals surface area contributed by atoms with Crippen LogP contribution in [-0.2, 0) is 17.8 Å². The van der Waals surface area contributed by atoms with Crippen molar-refractivity contribution in [1.29, 1.82) is 0 Å². The fraction of sp³-hybridized carbons (Fsp3) is 0.417. The third kappa shape index (κ3) is 2.77. The van der Waals surface area contributed by atoms with Crippen molar-refractivity contribution in [2.45, 2.75) is 26.8 Å². The lowest BCUT2D eigenvalue weighted by Crippen LogP contribution is -2.18. The molecular weight excluding hydrogens is 230 g/mol. The largest absolute Gasteiger partial charge is 0.368 e. The molecule has 0 aromatic carbocycles. The van der Waals surface area contributed by atoms with Crippen LogP contribution in [0.1, 0.15) is 19.5 Å². The summed E-state index contributed by atoms with van der Waals surface area (Å²) in [6.45, 7) is 4.41. The van der Waals surface area contributed by atoms with Crippen LogP contribution in [0.2, 0.25) is 0 Å². The molecule has 0 aliphatic rings. The molecule has 2 heterocycles. The molecule has 0 bridgehead atoms. The Morgan fingerprint density at radius 2 is 2.33 bits per heavy atom. The van der Waals surface area contributed by atoms with Crippen LogP contribution in [0, 0.1) is 5.92 Å². The van der Waals surface area contributed by atoms with Crippen LogP contribution < -0.4 is 5.73 Å². The topological polar surface area (TPSA) is 89.6 Å². The Morgan fingerprint density at radius 3 is 3.00 bits per heavy atom. The van der Waals surface area contributed by atoms with E-state index in [-0.39, 0.29) is 6.54 Å². The predicted molar refractivity (Wildman–Crippen MR) is 67.5 cm³/mol. The van der Waals surface area contributed by atoms with E-state index in [0.717, 1.165) is 17.8 Å². The summed E-state index contributed by atoms with van der Waals surface area (Å²) in [6.07, 6.45) is 4.29. The molecule has 1 amide bonds. The Labute approximate surface area is 105 Å². The summed E-state index contributed by atoms with van der Waals surface area (Å²) in [5.74, 6) is 0.816. The molecule has 0 fully saturated rings. The molecule has 2 aromatic rings. The first-order chi connectivity index (χ1) is 8.56. The number of imidazole rings is 1. The second-order valence-corrected chi connectivity index (χ2v) is 4.72. The summed E-state index contributed by atoms with van der Waals surface area (Å²) in [7, 11) is 0. The van der Waals surface area contributed by atoms with Crippen LogP contribution >= 0.6 is 0 Å². The van der Waals surface area contributed by atoms with Gasteiger partial charge in [0.25, 0.3) is 0 Å². The quantitative estimate of drug-likeness (QED) is 0.824. The first-order valence-electron chi connectivity index (χ1n) is 5.90. The van der Waals surface area contributed by atoms with E-state index in [0.29, 0.717) is 11.7 Å². The minimum Gasteiger partial charge on any atom is -0.368 e. The molecule has 0 atom stereocenters. The van der Waals surface area contributed by atoms with Crippen LogP contribution in [0.25, 0.3) is 11.5 Å². The monoisotopic (exact) mass is 247 g/mol. The lowest BCUT2D eigenvalue weighted by Gasteiger charge is -2.02. The number of rotatable bonds is 5. The highest BCUT2D eigenvalue weighted by Crippen LogP contribution is 2.17. The Bertz CT molecular complexity index is 540. The van der Waals surface area contributed by atoms with Crippen LogP contribution in [0.3, 0.4) is 0 Å². The zero-order chi connectivity index (χ0) is 13.1. The molecular formula is C12H17N5O. The summed E-state index contributed by atoms with van der Waals surface area (Å²) >= 11 is 0. The van der Waals surface area contributed by atoms with E-state index in [2.05, 4.69) is 29.0 Å². The van der Waals surface area contributed by atoms with Gasteiger partial charge in [-0.3, -0.25) is 9.89 Å². The normalized spacial score (nSPS) is 11.1. The molecule has 0 radical (unpaired) electrons. The van der Waals surface area contributed by atoms with E-state index in [1.807, 2.05) is 6.07 Å². The fourth-order valence-corrected chi connectivity index (χ4v) is 1.86. The van der Waals surface area contributed by atoms with Gasteiger partial charge in [0.15, 0.2) is 5.82 Å². The maximum absolute atomic E-state index is 10.9. The van der Waals surface area contributed by atoms with Crippen molar-refractivity contribution < 1.29 is 4.79 Å². The number of carbonyl (C=O) groups excluding carboxylic acids is 1. The van der Waals surface area contributed by atoms with Crippen LogP contribution in [0.4, 0.5) is 0 Å². The van der Waals surface area contributed by atoms with Crippen molar-refractivity contribution in [3.05, 3.63) is 24.2 Å². The first kappa shape index (κ1) is 12.3. The smallest absolute Gasteiger partial charge is 0.237 e. The number of nitrogens with two attached hydrogens (primary N) is 1. The van der Waals surface area contributed by atoms with E-state index in [1.54, 1.807) is 17.0 Å². The van der Waals surface area contributed by atoms with Crippen molar-refractivity contribution in [2.75, 3.05) is 0 Å². The molecule has 0 aliphatic heterocycles. The lowest BCUT2D eigenvalue weighted by molar-refractivity contribution is -0.118. The van der Waals surface area contributed by atoms with Gasteiger partial charge in [0.2, 0.25) is 5.91 Å². The molecule has 18 heavy (non-hydrogen) atoms. The number of amides is 1. The number of primary amides is 1. The van der Waals surface area contributed by atoms with Crippen molar-refractivity contribution in [3.8, 4) is 11.5 Å². The molecule has 0 spiro atoms. The van der Waals surface area contributed by atoms with Gasteiger partial charge in [-0.1, -0.05) is 13.8 Å². The summed E-state index contributed by atoms with van der Waals surface area (Å²) in [6, 6.07) is 1.96. The molecule has 6 heteroatoms. The molecule has 2 rings (SSSR count). The van der Waals surface area contributed by atoms with Crippen molar-refractivity contribution in [1.82, 2.24) is 19.7 Å². The Morgan fingerprint density at radius 1 is 1.56 bits per heavy atom. The number of aromatic amines is 1.